The summed E-state index contributed by atoms with van der Waals surface area (Å²) in [6.07, 6.45) is 1.35. The van der Waals surface area contributed by atoms with Crippen LogP contribution in [0.4, 0.5) is 27.6 Å². The summed E-state index contributed by atoms with van der Waals surface area (Å²) < 4.78 is 80.5. The van der Waals surface area contributed by atoms with E-state index < -0.39 is 40.7 Å². The number of anilines is 1. The summed E-state index contributed by atoms with van der Waals surface area (Å²) in [6, 6.07) is 3.37. The van der Waals surface area contributed by atoms with E-state index in [0.29, 0.717) is 17.1 Å². The monoisotopic (exact) mass is 552 g/mol. The fourth-order valence-electron chi connectivity index (χ4n) is 2.92. The fraction of sp³-hybridized carbons (Fsp3) is 0.200. The zero-order valence-electron chi connectivity index (χ0n) is 16.3. The lowest BCUT2D eigenvalue weighted by Gasteiger charge is -2.15. The summed E-state index contributed by atoms with van der Waals surface area (Å²) in [5.74, 6) is -11.4. The van der Waals surface area contributed by atoms with Crippen molar-refractivity contribution < 1.29 is 36.2 Å². The minimum absolute atomic E-state index is 0.00854. The van der Waals surface area contributed by atoms with Gasteiger partial charge in [0.1, 0.15) is 5.69 Å². The first-order valence-corrected chi connectivity index (χ1v) is 9.83. The highest BCUT2D eigenvalue weighted by Crippen LogP contribution is 2.37. The van der Waals surface area contributed by atoms with Gasteiger partial charge in [-0.05, 0) is 54.6 Å². The fourth-order valence-corrected chi connectivity index (χ4v) is 3.54. The molecule has 1 heterocycles. The Bertz CT molecular complexity index is 1120. The second-order valence-corrected chi connectivity index (χ2v) is 7.48. The molecular weight excluding hydrogens is 538 g/mol. The van der Waals surface area contributed by atoms with Crippen LogP contribution in [-0.2, 0) is 4.79 Å². The van der Waals surface area contributed by atoms with Crippen molar-refractivity contribution in [3.05, 3.63) is 55.9 Å². The van der Waals surface area contributed by atoms with Crippen LogP contribution in [0.1, 0.15) is 19.4 Å². The van der Waals surface area contributed by atoms with Crippen LogP contribution in [0.3, 0.4) is 0 Å². The van der Waals surface area contributed by atoms with Crippen molar-refractivity contribution in [3.8, 4) is 11.5 Å². The minimum Gasteiger partial charge on any atom is -0.493 e. The van der Waals surface area contributed by atoms with Crippen molar-refractivity contribution >= 4 is 46.0 Å². The number of amides is 1. The molecule has 0 radical (unpaired) electrons. The van der Waals surface area contributed by atoms with Gasteiger partial charge in [0, 0.05) is 9.13 Å². The molecule has 0 N–H and O–H groups in total. The van der Waals surface area contributed by atoms with Crippen molar-refractivity contribution in [2.24, 2.45) is 5.10 Å². The Hall–Kier alpha value is -2.70. The Labute approximate surface area is 187 Å². The van der Waals surface area contributed by atoms with Crippen LogP contribution < -0.4 is 14.5 Å². The summed E-state index contributed by atoms with van der Waals surface area (Å²) in [7, 11) is 1.43. The molecule has 2 aromatic carbocycles. The number of nitrogens with zero attached hydrogens (tertiary/aromatic N) is 2. The average Bonchev–Trinajstić information content (AvgIpc) is 3.00. The van der Waals surface area contributed by atoms with Gasteiger partial charge >= 0.3 is 0 Å². The van der Waals surface area contributed by atoms with Gasteiger partial charge in [0.25, 0.3) is 5.91 Å². The third-order valence-corrected chi connectivity index (χ3v) is 4.94. The zero-order valence-corrected chi connectivity index (χ0v) is 18.5. The third kappa shape index (κ3) is 3.98. The highest BCUT2D eigenvalue weighted by atomic mass is 127. The number of hydrogen-bond donors (Lipinski definition) is 0. The molecule has 1 aliphatic heterocycles. The molecule has 0 fully saturated rings. The smallest absolute Gasteiger partial charge is 0.280 e. The zero-order chi connectivity index (χ0) is 23.0. The third-order valence-electron chi connectivity index (χ3n) is 4.32. The molecule has 0 saturated carbocycles. The SMILES string of the molecule is CCOc1c(/C=C2\C(=O)N(c3c(F)c(F)c(F)c(F)c3F)N=C2C)cc(I)cc1OC. The van der Waals surface area contributed by atoms with Crippen LogP contribution in [0.2, 0.25) is 0 Å². The summed E-state index contributed by atoms with van der Waals surface area (Å²) >= 11 is 2.02. The van der Waals surface area contributed by atoms with Gasteiger partial charge in [-0.25, -0.2) is 22.0 Å². The van der Waals surface area contributed by atoms with Gasteiger partial charge < -0.3 is 9.47 Å². The Morgan fingerprint density at radius 1 is 1.06 bits per heavy atom. The molecule has 0 bridgehead atoms. The van der Waals surface area contributed by atoms with Gasteiger partial charge in [-0.2, -0.15) is 10.1 Å². The van der Waals surface area contributed by atoms with Crippen LogP contribution in [0.25, 0.3) is 6.08 Å². The van der Waals surface area contributed by atoms with Gasteiger partial charge in [0.2, 0.25) is 5.82 Å². The maximum atomic E-state index is 14.2. The van der Waals surface area contributed by atoms with Gasteiger partial charge in [-0.3, -0.25) is 4.79 Å². The lowest BCUT2D eigenvalue weighted by Crippen LogP contribution is -2.25. The molecule has 1 aliphatic rings. The molecule has 0 atom stereocenters. The number of benzene rings is 2. The Morgan fingerprint density at radius 2 is 1.65 bits per heavy atom. The minimum atomic E-state index is -2.32. The maximum Gasteiger partial charge on any atom is 0.280 e. The predicted octanol–water partition coefficient (Wildman–Crippen LogP) is 5.20. The Morgan fingerprint density at radius 3 is 2.19 bits per heavy atom. The Kier molecular flexibility index (Phi) is 6.53. The van der Waals surface area contributed by atoms with Crippen LogP contribution in [-0.4, -0.2) is 25.3 Å². The lowest BCUT2D eigenvalue weighted by atomic mass is 10.1. The van der Waals surface area contributed by atoms with E-state index in [4.69, 9.17) is 9.47 Å². The summed E-state index contributed by atoms with van der Waals surface area (Å²) in [6.45, 7) is 3.39. The van der Waals surface area contributed by atoms with Crippen LogP contribution >= 0.6 is 22.6 Å². The standard InChI is InChI=1S/C20H14F5IN2O3/c1-4-31-19-9(5-10(26)7-12(19)30-3)6-11-8(2)27-28(20(11)29)18-16(24)14(22)13(21)15(23)17(18)25/h5-7H,4H2,1-3H3/b11-6-. The van der Waals surface area contributed by atoms with Crippen molar-refractivity contribution in [1.82, 2.24) is 0 Å². The number of carbonyl (C=O) groups excluding carboxylic acids is 1. The summed E-state index contributed by atoms with van der Waals surface area (Å²) in [5, 5.41) is 3.87. The summed E-state index contributed by atoms with van der Waals surface area (Å²) in [5.41, 5.74) is -1.15. The number of ether oxygens (including phenoxy) is 2. The van der Waals surface area contributed by atoms with Crippen molar-refractivity contribution in [3.63, 3.8) is 0 Å². The van der Waals surface area contributed by atoms with Gasteiger partial charge in [-0.1, -0.05) is 0 Å². The second kappa shape index (κ2) is 8.81. The Balaban J connectivity index is 2.14. The van der Waals surface area contributed by atoms with Crippen molar-refractivity contribution in [2.75, 3.05) is 18.7 Å². The van der Waals surface area contributed by atoms with Crippen molar-refractivity contribution in [2.45, 2.75) is 13.8 Å². The molecule has 2 aromatic rings. The number of methoxy groups -OCH3 is 1. The molecule has 11 heteroatoms. The molecule has 0 spiro atoms. The van der Waals surface area contributed by atoms with E-state index in [1.54, 1.807) is 19.1 Å². The quantitative estimate of drug-likeness (QED) is 0.169. The molecule has 1 amide bonds. The van der Waals surface area contributed by atoms with Gasteiger partial charge in [0.15, 0.2) is 34.8 Å². The molecule has 0 aromatic heterocycles. The first kappa shape index (κ1) is 23.0. The van der Waals surface area contributed by atoms with Crippen LogP contribution in [0.5, 0.6) is 11.5 Å². The van der Waals surface area contributed by atoms with E-state index in [-0.39, 0.29) is 22.9 Å². The van der Waals surface area contributed by atoms with E-state index in [0.717, 1.165) is 3.57 Å². The van der Waals surface area contributed by atoms with Crippen LogP contribution in [0, 0.1) is 32.7 Å². The highest BCUT2D eigenvalue weighted by Gasteiger charge is 2.37. The van der Waals surface area contributed by atoms with E-state index in [1.807, 2.05) is 22.6 Å². The summed E-state index contributed by atoms with van der Waals surface area (Å²) in [4.78, 5) is 12.8. The van der Waals surface area contributed by atoms with E-state index in [9.17, 15) is 26.7 Å². The lowest BCUT2D eigenvalue weighted by molar-refractivity contribution is -0.114. The van der Waals surface area contributed by atoms with Crippen molar-refractivity contribution in [1.29, 1.82) is 0 Å². The van der Waals surface area contributed by atoms with Gasteiger partial charge in [0.05, 0.1) is 25.0 Å². The second-order valence-electron chi connectivity index (χ2n) is 6.24. The molecular formula is C20H14F5IN2O3. The number of carbonyl (C=O) groups is 1. The maximum absolute atomic E-state index is 14.2. The molecule has 0 unspecified atom stereocenters. The largest absolute Gasteiger partial charge is 0.493 e. The highest BCUT2D eigenvalue weighted by molar-refractivity contribution is 14.1. The number of halogens is 6. The normalized spacial score (nSPS) is 15.0. The molecule has 5 nitrogen and oxygen atoms in total. The van der Waals surface area contributed by atoms with E-state index >= 15 is 0 Å². The number of hydrazone groups is 1. The first-order chi connectivity index (χ1) is 14.6. The van der Waals surface area contributed by atoms with E-state index in [2.05, 4.69) is 5.10 Å². The first-order valence-electron chi connectivity index (χ1n) is 8.75. The van der Waals surface area contributed by atoms with Crippen LogP contribution in [0.15, 0.2) is 22.8 Å². The molecule has 0 saturated heterocycles. The number of rotatable bonds is 5. The van der Waals surface area contributed by atoms with Gasteiger partial charge in [-0.15, -0.1) is 0 Å². The molecule has 3 rings (SSSR count). The molecule has 164 valence electrons. The van der Waals surface area contributed by atoms with E-state index in [1.165, 1.54) is 20.1 Å². The average molecular weight is 552 g/mol. The molecule has 31 heavy (non-hydrogen) atoms. The number of hydrogen-bond acceptors (Lipinski definition) is 4. The predicted molar refractivity (Wildman–Crippen MR) is 112 cm³/mol. The molecule has 0 aliphatic carbocycles. The topological polar surface area (TPSA) is 51.1 Å².